The lowest BCUT2D eigenvalue weighted by Gasteiger charge is -2.06. The molecule has 0 atom stereocenters. The van der Waals surface area contributed by atoms with Crippen LogP contribution < -0.4 is 5.43 Å². The SMILES string of the molecule is C/C(=N/Nc1nc2ccccc2s1)c1cccc2ccccc12. The van der Waals surface area contributed by atoms with Crippen molar-refractivity contribution in [2.45, 2.75) is 6.92 Å². The molecule has 0 aliphatic heterocycles. The Bertz CT molecular complexity index is 979. The summed E-state index contributed by atoms with van der Waals surface area (Å²) in [5.74, 6) is 0. The molecule has 0 radical (unpaired) electrons. The molecule has 1 heterocycles. The summed E-state index contributed by atoms with van der Waals surface area (Å²) in [6.07, 6.45) is 0. The van der Waals surface area contributed by atoms with Crippen molar-refractivity contribution in [1.29, 1.82) is 0 Å². The van der Waals surface area contributed by atoms with Gasteiger partial charge in [-0.1, -0.05) is 65.9 Å². The van der Waals surface area contributed by atoms with Crippen molar-refractivity contribution in [3.8, 4) is 0 Å². The molecule has 0 aliphatic carbocycles. The molecule has 4 rings (SSSR count). The smallest absolute Gasteiger partial charge is 0.204 e. The van der Waals surface area contributed by atoms with Crippen molar-refractivity contribution in [3.63, 3.8) is 0 Å². The van der Waals surface area contributed by atoms with Crippen LogP contribution >= 0.6 is 11.3 Å². The van der Waals surface area contributed by atoms with Crippen LogP contribution in [0.25, 0.3) is 21.0 Å². The standard InChI is InChI=1S/C19H15N3S/c1-13(15-10-6-8-14-7-2-3-9-16(14)15)21-22-19-20-17-11-4-5-12-18(17)23-19/h2-12H,1H3,(H,20,22)/b21-13-. The second kappa shape index (κ2) is 5.82. The van der Waals surface area contributed by atoms with Crippen LogP contribution in [0.5, 0.6) is 0 Å². The normalized spacial score (nSPS) is 12.0. The summed E-state index contributed by atoms with van der Waals surface area (Å²) in [7, 11) is 0. The van der Waals surface area contributed by atoms with E-state index in [9.17, 15) is 0 Å². The third kappa shape index (κ3) is 2.69. The Hall–Kier alpha value is -2.72. The van der Waals surface area contributed by atoms with E-state index in [1.165, 1.54) is 10.8 Å². The topological polar surface area (TPSA) is 37.3 Å². The van der Waals surface area contributed by atoms with Gasteiger partial charge >= 0.3 is 0 Å². The second-order valence-corrected chi connectivity index (χ2v) is 6.35. The predicted octanol–water partition coefficient (Wildman–Crippen LogP) is 5.29. The van der Waals surface area contributed by atoms with E-state index in [1.54, 1.807) is 11.3 Å². The van der Waals surface area contributed by atoms with E-state index in [2.05, 4.69) is 64.0 Å². The predicted molar refractivity (Wildman–Crippen MR) is 99.4 cm³/mol. The maximum absolute atomic E-state index is 4.54. The Labute approximate surface area is 138 Å². The largest absolute Gasteiger partial charge is 0.252 e. The zero-order chi connectivity index (χ0) is 15.6. The maximum atomic E-state index is 4.54. The van der Waals surface area contributed by atoms with Gasteiger partial charge in [0.2, 0.25) is 5.13 Å². The molecule has 3 nitrogen and oxygen atoms in total. The Morgan fingerprint density at radius 1 is 0.957 bits per heavy atom. The van der Waals surface area contributed by atoms with Crippen LogP contribution in [0.1, 0.15) is 12.5 Å². The van der Waals surface area contributed by atoms with E-state index in [4.69, 9.17) is 0 Å². The molecule has 1 N–H and O–H groups in total. The molecule has 23 heavy (non-hydrogen) atoms. The number of anilines is 1. The summed E-state index contributed by atoms with van der Waals surface area (Å²) in [6.45, 7) is 2.02. The molecule has 4 aromatic rings. The molecular weight excluding hydrogens is 302 g/mol. The molecule has 0 amide bonds. The van der Waals surface area contributed by atoms with Gasteiger partial charge in [-0.3, -0.25) is 5.43 Å². The minimum Gasteiger partial charge on any atom is -0.252 e. The average Bonchev–Trinajstić information content (AvgIpc) is 3.02. The second-order valence-electron chi connectivity index (χ2n) is 5.32. The van der Waals surface area contributed by atoms with Gasteiger partial charge in [0, 0.05) is 5.56 Å². The first kappa shape index (κ1) is 13.9. The van der Waals surface area contributed by atoms with Crippen LogP contribution in [0.2, 0.25) is 0 Å². The molecule has 0 saturated heterocycles. The highest BCUT2D eigenvalue weighted by Gasteiger charge is 2.05. The van der Waals surface area contributed by atoms with E-state index < -0.39 is 0 Å². The maximum Gasteiger partial charge on any atom is 0.204 e. The molecular formula is C19H15N3S. The van der Waals surface area contributed by atoms with Crippen molar-refractivity contribution < 1.29 is 0 Å². The highest BCUT2D eigenvalue weighted by molar-refractivity contribution is 7.22. The number of hydrazone groups is 1. The lowest BCUT2D eigenvalue weighted by atomic mass is 10.0. The summed E-state index contributed by atoms with van der Waals surface area (Å²) in [4.78, 5) is 4.54. The molecule has 0 spiro atoms. The number of rotatable bonds is 3. The number of hydrogen-bond donors (Lipinski definition) is 1. The molecule has 0 unspecified atom stereocenters. The fourth-order valence-electron chi connectivity index (χ4n) is 2.65. The van der Waals surface area contributed by atoms with Gasteiger partial charge in [0.05, 0.1) is 15.9 Å². The lowest BCUT2D eigenvalue weighted by molar-refractivity contribution is 1.29. The van der Waals surface area contributed by atoms with Gasteiger partial charge in [-0.15, -0.1) is 0 Å². The Morgan fingerprint density at radius 3 is 2.65 bits per heavy atom. The number of aromatic nitrogens is 1. The minimum absolute atomic E-state index is 0.811. The Morgan fingerprint density at radius 2 is 1.74 bits per heavy atom. The average molecular weight is 317 g/mol. The summed E-state index contributed by atoms with van der Waals surface area (Å²) < 4.78 is 1.16. The number of nitrogens with one attached hydrogen (secondary N) is 1. The van der Waals surface area contributed by atoms with Crippen LogP contribution in [0.15, 0.2) is 71.8 Å². The van der Waals surface area contributed by atoms with E-state index in [-0.39, 0.29) is 0 Å². The van der Waals surface area contributed by atoms with Gasteiger partial charge in [-0.05, 0) is 29.8 Å². The van der Waals surface area contributed by atoms with Gasteiger partial charge in [0.15, 0.2) is 0 Å². The lowest BCUT2D eigenvalue weighted by Crippen LogP contribution is -2.00. The summed E-state index contributed by atoms with van der Waals surface area (Å²) in [5, 5.41) is 7.77. The van der Waals surface area contributed by atoms with E-state index in [1.807, 2.05) is 25.1 Å². The first-order chi connectivity index (χ1) is 11.3. The number of hydrogen-bond acceptors (Lipinski definition) is 4. The first-order valence-electron chi connectivity index (χ1n) is 7.45. The molecule has 0 aliphatic rings. The van der Waals surface area contributed by atoms with Crippen molar-refractivity contribution in [2.24, 2.45) is 5.10 Å². The molecule has 1 aromatic heterocycles. The van der Waals surface area contributed by atoms with Crippen molar-refractivity contribution in [2.75, 3.05) is 5.43 Å². The number of para-hydroxylation sites is 1. The number of thiazole rings is 1. The summed E-state index contributed by atoms with van der Waals surface area (Å²) in [5.41, 5.74) is 6.17. The third-order valence-electron chi connectivity index (χ3n) is 3.79. The molecule has 0 fully saturated rings. The van der Waals surface area contributed by atoms with Gasteiger partial charge < -0.3 is 0 Å². The fraction of sp³-hybridized carbons (Fsp3) is 0.0526. The molecule has 112 valence electrons. The van der Waals surface area contributed by atoms with Gasteiger partial charge in [0.1, 0.15) is 0 Å². The van der Waals surface area contributed by atoms with Crippen LogP contribution in [-0.2, 0) is 0 Å². The zero-order valence-corrected chi connectivity index (χ0v) is 13.5. The van der Waals surface area contributed by atoms with E-state index in [0.29, 0.717) is 0 Å². The zero-order valence-electron chi connectivity index (χ0n) is 12.7. The van der Waals surface area contributed by atoms with Crippen LogP contribution in [0.3, 0.4) is 0 Å². The van der Waals surface area contributed by atoms with Gasteiger partial charge in [-0.25, -0.2) is 4.98 Å². The van der Waals surface area contributed by atoms with Gasteiger partial charge in [-0.2, -0.15) is 5.10 Å². The van der Waals surface area contributed by atoms with Crippen molar-refractivity contribution >= 4 is 43.2 Å². The van der Waals surface area contributed by atoms with Crippen LogP contribution in [0.4, 0.5) is 5.13 Å². The highest BCUT2D eigenvalue weighted by Crippen LogP contribution is 2.25. The quantitative estimate of drug-likeness (QED) is 0.412. The summed E-state index contributed by atoms with van der Waals surface area (Å²) >= 11 is 1.61. The fourth-order valence-corrected chi connectivity index (χ4v) is 3.46. The van der Waals surface area contributed by atoms with Crippen molar-refractivity contribution in [1.82, 2.24) is 4.98 Å². The highest BCUT2D eigenvalue weighted by atomic mass is 32.1. The first-order valence-corrected chi connectivity index (χ1v) is 8.27. The Balaban J connectivity index is 1.67. The van der Waals surface area contributed by atoms with Crippen molar-refractivity contribution in [3.05, 3.63) is 72.3 Å². The molecule has 3 aromatic carbocycles. The number of nitrogens with zero attached hydrogens (tertiary/aromatic N) is 2. The molecule has 0 saturated carbocycles. The van der Waals surface area contributed by atoms with E-state index >= 15 is 0 Å². The third-order valence-corrected chi connectivity index (χ3v) is 4.73. The summed E-state index contributed by atoms with van der Waals surface area (Å²) in [6, 6.07) is 22.7. The van der Waals surface area contributed by atoms with E-state index in [0.717, 1.165) is 26.6 Å². The van der Waals surface area contributed by atoms with Crippen LogP contribution in [0, 0.1) is 0 Å². The Kier molecular flexibility index (Phi) is 3.52. The minimum atomic E-state index is 0.811. The van der Waals surface area contributed by atoms with Gasteiger partial charge in [0.25, 0.3) is 0 Å². The monoisotopic (exact) mass is 317 g/mol. The molecule has 4 heteroatoms. The van der Waals surface area contributed by atoms with Crippen LogP contribution in [-0.4, -0.2) is 10.7 Å². The number of fused-ring (bicyclic) bond motifs is 2. The number of benzene rings is 3. The molecule has 0 bridgehead atoms.